The van der Waals surface area contributed by atoms with E-state index in [0.717, 1.165) is 12.1 Å². The van der Waals surface area contributed by atoms with Crippen molar-refractivity contribution in [2.24, 2.45) is 10.9 Å². The molecule has 22 heavy (non-hydrogen) atoms. The highest BCUT2D eigenvalue weighted by atomic mass is 32.2. The molecule has 0 aliphatic carbocycles. The Morgan fingerprint density at radius 1 is 1.50 bits per heavy atom. The van der Waals surface area contributed by atoms with Crippen molar-refractivity contribution in [2.75, 3.05) is 12.8 Å². The summed E-state index contributed by atoms with van der Waals surface area (Å²) in [7, 11) is 1.70. The summed E-state index contributed by atoms with van der Waals surface area (Å²) in [6, 6.07) is 4.54. The number of hydrogen-bond acceptors (Lipinski definition) is 3. The number of rotatable bonds is 3. The van der Waals surface area contributed by atoms with Crippen LogP contribution in [0.5, 0.6) is 0 Å². The van der Waals surface area contributed by atoms with Crippen molar-refractivity contribution in [1.29, 1.82) is 0 Å². The van der Waals surface area contributed by atoms with E-state index in [1.807, 2.05) is 0 Å². The number of aliphatic carboxylic acids is 1. The second-order valence-corrected chi connectivity index (χ2v) is 6.05. The van der Waals surface area contributed by atoms with Crippen LogP contribution in [0.2, 0.25) is 0 Å². The van der Waals surface area contributed by atoms with E-state index in [1.54, 1.807) is 18.9 Å². The summed E-state index contributed by atoms with van der Waals surface area (Å²) in [6.07, 6.45) is -4.41. The quantitative estimate of drug-likeness (QED) is 0.921. The molecule has 0 saturated carbocycles. The molecule has 4 nitrogen and oxygen atoms in total. The molecule has 0 amide bonds. The van der Waals surface area contributed by atoms with E-state index in [-0.39, 0.29) is 11.7 Å². The first-order valence-corrected chi connectivity index (χ1v) is 7.53. The lowest BCUT2D eigenvalue weighted by molar-refractivity contribution is -0.142. The van der Waals surface area contributed by atoms with Crippen molar-refractivity contribution in [3.05, 3.63) is 29.8 Å². The van der Waals surface area contributed by atoms with E-state index < -0.39 is 23.6 Å². The monoisotopic (exact) mass is 332 g/mol. The predicted molar refractivity (Wildman–Crippen MR) is 79.3 cm³/mol. The maximum absolute atomic E-state index is 12.7. The van der Waals surface area contributed by atoms with Gasteiger partial charge in [0, 0.05) is 12.8 Å². The van der Waals surface area contributed by atoms with Crippen molar-refractivity contribution >= 4 is 28.6 Å². The molecule has 8 heteroatoms. The molecule has 1 saturated heterocycles. The second kappa shape index (κ2) is 6.20. The van der Waals surface area contributed by atoms with Gasteiger partial charge in [-0.05, 0) is 25.1 Å². The van der Waals surface area contributed by atoms with Crippen LogP contribution < -0.4 is 0 Å². The smallest absolute Gasteiger partial charge is 0.416 e. The molecule has 120 valence electrons. The first-order chi connectivity index (χ1) is 10.2. The molecule has 2 rings (SSSR count). The third-order valence-electron chi connectivity index (χ3n) is 3.55. The summed E-state index contributed by atoms with van der Waals surface area (Å²) in [5.74, 6) is -0.939. The highest BCUT2D eigenvalue weighted by molar-refractivity contribution is 8.14. The Hall–Kier alpha value is -1.70. The average molecular weight is 332 g/mol. The predicted octanol–water partition coefficient (Wildman–Crippen LogP) is 3.46. The van der Waals surface area contributed by atoms with Gasteiger partial charge in [-0.1, -0.05) is 17.8 Å². The molecule has 1 aliphatic rings. The first-order valence-electron chi connectivity index (χ1n) is 6.54. The number of nitrogens with zero attached hydrogens (tertiary/aromatic N) is 2. The van der Waals surface area contributed by atoms with Gasteiger partial charge in [0.25, 0.3) is 0 Å². The number of alkyl halides is 3. The Bertz CT molecular complexity index is 604. The largest absolute Gasteiger partial charge is 0.481 e. The van der Waals surface area contributed by atoms with Crippen LogP contribution in [-0.2, 0) is 11.0 Å². The highest BCUT2D eigenvalue weighted by Crippen LogP contribution is 2.33. The topological polar surface area (TPSA) is 52.9 Å². The summed E-state index contributed by atoms with van der Waals surface area (Å²) in [5, 5.41) is 9.59. The summed E-state index contributed by atoms with van der Waals surface area (Å²) in [5.41, 5.74) is -0.553. The minimum atomic E-state index is -4.41. The van der Waals surface area contributed by atoms with Gasteiger partial charge in [-0.25, -0.2) is 4.99 Å². The molecule has 1 aromatic rings. The minimum absolute atomic E-state index is 0.202. The van der Waals surface area contributed by atoms with Crippen LogP contribution in [-0.4, -0.2) is 40.0 Å². The maximum Gasteiger partial charge on any atom is 0.416 e. The number of hydrogen-bond donors (Lipinski definition) is 1. The fourth-order valence-corrected chi connectivity index (χ4v) is 3.47. The van der Waals surface area contributed by atoms with Gasteiger partial charge < -0.3 is 10.0 Å². The van der Waals surface area contributed by atoms with Crippen LogP contribution in [0, 0.1) is 5.92 Å². The number of halogens is 3. The standard InChI is InChI=1S/C14H15F3N2O2S/c1-8(12(20)21)11-7-22-13(19(11)2)18-10-5-3-4-9(6-10)14(15,16)17/h3-6,8,11H,7H2,1-2H3,(H,20,21). The van der Waals surface area contributed by atoms with Crippen LogP contribution in [0.15, 0.2) is 29.3 Å². The van der Waals surface area contributed by atoms with Gasteiger partial charge in [-0.2, -0.15) is 13.2 Å². The van der Waals surface area contributed by atoms with Gasteiger partial charge in [0.05, 0.1) is 23.2 Å². The SMILES string of the molecule is CC(C(=O)O)C1CSC(=Nc2cccc(C(F)(F)F)c2)N1C. The Balaban J connectivity index is 2.22. The van der Waals surface area contributed by atoms with Crippen molar-refractivity contribution in [3.8, 4) is 0 Å². The maximum atomic E-state index is 12.7. The number of thioether (sulfide) groups is 1. The van der Waals surface area contributed by atoms with Crippen LogP contribution in [0.25, 0.3) is 0 Å². The third-order valence-corrected chi connectivity index (χ3v) is 4.69. The molecule has 0 aromatic heterocycles. The number of carboxylic acids is 1. The fraction of sp³-hybridized carbons (Fsp3) is 0.429. The van der Waals surface area contributed by atoms with Crippen LogP contribution >= 0.6 is 11.8 Å². The van der Waals surface area contributed by atoms with E-state index in [1.165, 1.54) is 23.9 Å². The van der Waals surface area contributed by atoms with Crippen LogP contribution in [0.3, 0.4) is 0 Å². The number of benzene rings is 1. The lowest BCUT2D eigenvalue weighted by Gasteiger charge is -2.24. The lowest BCUT2D eigenvalue weighted by atomic mass is 10.0. The molecule has 1 heterocycles. The molecular formula is C14H15F3N2O2S. The van der Waals surface area contributed by atoms with E-state index in [4.69, 9.17) is 5.11 Å². The van der Waals surface area contributed by atoms with Gasteiger partial charge in [-0.15, -0.1) is 0 Å². The molecule has 1 aliphatic heterocycles. The number of amidine groups is 1. The van der Waals surface area contributed by atoms with Crippen molar-refractivity contribution < 1.29 is 23.1 Å². The minimum Gasteiger partial charge on any atom is -0.481 e. The molecule has 2 unspecified atom stereocenters. The number of aliphatic imine (C=N–C) groups is 1. The molecule has 1 fully saturated rings. The molecular weight excluding hydrogens is 317 g/mol. The van der Waals surface area contributed by atoms with E-state index in [2.05, 4.69) is 4.99 Å². The first kappa shape index (κ1) is 16.7. The van der Waals surface area contributed by atoms with Gasteiger partial charge in [0.1, 0.15) is 0 Å². The Morgan fingerprint density at radius 3 is 2.77 bits per heavy atom. The van der Waals surface area contributed by atoms with E-state index >= 15 is 0 Å². The molecule has 0 spiro atoms. The lowest BCUT2D eigenvalue weighted by Crippen LogP contribution is -2.38. The summed E-state index contributed by atoms with van der Waals surface area (Å²) >= 11 is 1.34. The zero-order valence-electron chi connectivity index (χ0n) is 12.0. The average Bonchev–Trinajstić information content (AvgIpc) is 2.79. The van der Waals surface area contributed by atoms with Crippen molar-refractivity contribution in [3.63, 3.8) is 0 Å². The molecule has 0 radical (unpaired) electrons. The van der Waals surface area contributed by atoms with Crippen molar-refractivity contribution in [2.45, 2.75) is 19.1 Å². The third kappa shape index (κ3) is 3.55. The fourth-order valence-electron chi connectivity index (χ4n) is 2.13. The molecule has 0 bridgehead atoms. The number of carbonyl (C=O) groups is 1. The van der Waals surface area contributed by atoms with E-state index in [9.17, 15) is 18.0 Å². The normalized spacial score (nSPS) is 22.1. The van der Waals surface area contributed by atoms with Gasteiger partial charge in [-0.3, -0.25) is 4.79 Å². The Morgan fingerprint density at radius 2 is 2.18 bits per heavy atom. The molecule has 1 N–H and O–H groups in total. The second-order valence-electron chi connectivity index (χ2n) is 5.06. The van der Waals surface area contributed by atoms with E-state index in [0.29, 0.717) is 10.9 Å². The summed E-state index contributed by atoms with van der Waals surface area (Å²) < 4.78 is 38.1. The van der Waals surface area contributed by atoms with Gasteiger partial charge in [0.15, 0.2) is 5.17 Å². The Labute approximate surface area is 130 Å². The summed E-state index contributed by atoms with van der Waals surface area (Å²) in [6.45, 7) is 1.61. The zero-order chi connectivity index (χ0) is 16.5. The van der Waals surface area contributed by atoms with Crippen LogP contribution in [0.1, 0.15) is 12.5 Å². The highest BCUT2D eigenvalue weighted by Gasteiger charge is 2.35. The molecule has 2 atom stereocenters. The zero-order valence-corrected chi connectivity index (χ0v) is 12.8. The van der Waals surface area contributed by atoms with Crippen LogP contribution in [0.4, 0.5) is 18.9 Å². The van der Waals surface area contributed by atoms with Gasteiger partial charge >= 0.3 is 12.1 Å². The Kier molecular flexibility index (Phi) is 4.69. The number of carboxylic acid groups (broad SMARTS) is 1. The van der Waals surface area contributed by atoms with Crippen molar-refractivity contribution in [1.82, 2.24) is 4.90 Å². The summed E-state index contributed by atoms with van der Waals surface area (Å²) in [4.78, 5) is 17.0. The molecule has 1 aromatic carbocycles. The van der Waals surface area contributed by atoms with Gasteiger partial charge in [0.2, 0.25) is 0 Å².